The van der Waals surface area contributed by atoms with Crippen molar-refractivity contribution >= 4 is 39.3 Å². The number of anilines is 1. The number of hydrogen-bond donors (Lipinski definition) is 1. The molecular weight excluding hydrogens is 643 g/mol. The van der Waals surface area contributed by atoms with E-state index in [0.29, 0.717) is 18.8 Å². The van der Waals surface area contributed by atoms with Crippen LogP contribution in [0.3, 0.4) is 0 Å². The monoisotopic (exact) mass is 687 g/mol. The lowest BCUT2D eigenvalue weighted by molar-refractivity contribution is -0.140. The summed E-state index contributed by atoms with van der Waals surface area (Å²) < 4.78 is 35.8. The van der Waals surface area contributed by atoms with Crippen molar-refractivity contribution in [2.24, 2.45) is 0 Å². The molecule has 2 amide bonds. The van der Waals surface area contributed by atoms with Crippen LogP contribution < -0.4 is 14.4 Å². The Hall–Kier alpha value is -4.28. The first-order valence-corrected chi connectivity index (χ1v) is 18.8. The minimum absolute atomic E-state index is 0.0415. The number of ether oxygens (including phenoxy) is 1. The summed E-state index contributed by atoms with van der Waals surface area (Å²) in [7, 11) is -4.26. The van der Waals surface area contributed by atoms with Gasteiger partial charge in [-0.2, -0.15) is 0 Å². The van der Waals surface area contributed by atoms with Crippen molar-refractivity contribution in [3.8, 4) is 5.75 Å². The SMILES string of the molecule is CCOc1ccccc1N(CC(=O)N(Cc1ccc(C)cc1)[C@H](Cc1ccccc1)C(=O)N[C@@H](C)CC)S(=O)(=O)c1ccc(SC)cc1. The fourth-order valence-electron chi connectivity index (χ4n) is 5.21. The summed E-state index contributed by atoms with van der Waals surface area (Å²) in [6, 6.07) is 29.6. The fraction of sp³-hybridized carbons (Fsp3) is 0.316. The normalized spacial score (nSPS) is 12.5. The van der Waals surface area contributed by atoms with Crippen molar-refractivity contribution < 1.29 is 22.7 Å². The molecule has 254 valence electrons. The number of aryl methyl sites for hydroxylation is 1. The molecule has 0 unspecified atom stereocenters. The van der Waals surface area contributed by atoms with Crippen molar-refractivity contribution in [1.82, 2.24) is 10.2 Å². The van der Waals surface area contributed by atoms with E-state index in [0.717, 1.165) is 25.9 Å². The number of benzene rings is 4. The smallest absolute Gasteiger partial charge is 0.264 e. The topological polar surface area (TPSA) is 96.0 Å². The van der Waals surface area contributed by atoms with Gasteiger partial charge in [0.1, 0.15) is 18.3 Å². The second kappa shape index (κ2) is 17.2. The average molecular weight is 688 g/mol. The molecule has 8 nitrogen and oxygen atoms in total. The van der Waals surface area contributed by atoms with Crippen LogP contribution in [0.5, 0.6) is 5.75 Å². The molecule has 0 saturated heterocycles. The molecule has 4 aromatic carbocycles. The highest BCUT2D eigenvalue weighted by Gasteiger charge is 2.35. The summed E-state index contributed by atoms with van der Waals surface area (Å²) in [5, 5.41) is 3.07. The third-order valence-electron chi connectivity index (χ3n) is 8.11. The quantitative estimate of drug-likeness (QED) is 0.129. The zero-order valence-electron chi connectivity index (χ0n) is 28.3. The number of sulfonamides is 1. The van der Waals surface area contributed by atoms with Gasteiger partial charge in [0.25, 0.3) is 10.0 Å². The maximum absolute atomic E-state index is 14.7. The molecule has 10 heteroatoms. The highest BCUT2D eigenvalue weighted by atomic mass is 32.2. The third kappa shape index (κ3) is 9.41. The van der Waals surface area contributed by atoms with E-state index >= 15 is 0 Å². The van der Waals surface area contributed by atoms with Crippen LogP contribution in [0.25, 0.3) is 0 Å². The van der Waals surface area contributed by atoms with Crippen molar-refractivity contribution in [3.05, 3.63) is 120 Å². The van der Waals surface area contributed by atoms with Gasteiger partial charge in [-0.3, -0.25) is 13.9 Å². The van der Waals surface area contributed by atoms with Gasteiger partial charge in [0, 0.05) is 23.9 Å². The molecule has 1 N–H and O–H groups in total. The Bertz CT molecular complexity index is 1750. The highest BCUT2D eigenvalue weighted by Crippen LogP contribution is 2.33. The molecule has 4 aromatic rings. The van der Waals surface area contributed by atoms with E-state index in [1.807, 2.05) is 88.5 Å². The second-order valence-electron chi connectivity index (χ2n) is 11.6. The lowest BCUT2D eigenvalue weighted by Gasteiger charge is -2.34. The van der Waals surface area contributed by atoms with Crippen LogP contribution >= 0.6 is 11.8 Å². The number of rotatable bonds is 16. The predicted octanol–water partition coefficient (Wildman–Crippen LogP) is 6.87. The van der Waals surface area contributed by atoms with E-state index in [9.17, 15) is 18.0 Å². The third-order valence-corrected chi connectivity index (χ3v) is 10.6. The Morgan fingerprint density at radius 2 is 1.50 bits per heavy atom. The van der Waals surface area contributed by atoms with Crippen LogP contribution in [0.15, 0.2) is 113 Å². The maximum atomic E-state index is 14.7. The molecule has 4 rings (SSSR count). The zero-order valence-corrected chi connectivity index (χ0v) is 29.9. The molecule has 0 radical (unpaired) electrons. The van der Waals surface area contributed by atoms with Gasteiger partial charge in [-0.25, -0.2) is 8.42 Å². The number of thioether (sulfide) groups is 1. The van der Waals surface area contributed by atoms with E-state index in [2.05, 4.69) is 5.32 Å². The summed E-state index contributed by atoms with van der Waals surface area (Å²) >= 11 is 1.50. The van der Waals surface area contributed by atoms with E-state index in [1.54, 1.807) is 48.5 Å². The number of para-hydroxylation sites is 2. The fourth-order valence-corrected chi connectivity index (χ4v) is 7.05. The van der Waals surface area contributed by atoms with Crippen molar-refractivity contribution in [2.45, 2.75) is 69.0 Å². The standard InChI is InChI=1S/C38H45N3O5S2/c1-6-29(4)39-38(43)35(25-30-13-9-8-10-14-30)40(26-31-19-17-28(3)18-20-31)37(42)27-41(34-15-11-12-16-36(34)46-7-2)48(44,45)33-23-21-32(47-5)22-24-33/h8-24,29,35H,6-7,25-27H2,1-5H3,(H,39,43)/t29-,35+/m0/s1. The molecule has 0 spiro atoms. The van der Waals surface area contributed by atoms with Crippen LogP contribution in [-0.4, -0.2) is 56.6 Å². The van der Waals surface area contributed by atoms with Gasteiger partial charge in [0.2, 0.25) is 11.8 Å². The Morgan fingerprint density at radius 1 is 0.854 bits per heavy atom. The molecule has 0 saturated carbocycles. The first-order chi connectivity index (χ1) is 23.1. The van der Waals surface area contributed by atoms with Gasteiger partial charge in [-0.15, -0.1) is 11.8 Å². The van der Waals surface area contributed by atoms with E-state index < -0.39 is 28.5 Å². The molecule has 0 aliphatic carbocycles. The van der Waals surface area contributed by atoms with Gasteiger partial charge in [-0.05, 0) is 81.0 Å². The molecule has 0 aliphatic rings. The summed E-state index contributed by atoms with van der Waals surface area (Å²) in [5.74, 6) is -0.491. The molecule has 0 fully saturated rings. The summed E-state index contributed by atoms with van der Waals surface area (Å²) in [5.41, 5.74) is 2.99. The molecule has 0 aromatic heterocycles. The summed E-state index contributed by atoms with van der Waals surface area (Å²) in [6.45, 7) is 7.56. The van der Waals surface area contributed by atoms with E-state index in [-0.39, 0.29) is 35.5 Å². The summed E-state index contributed by atoms with van der Waals surface area (Å²) in [4.78, 5) is 31.2. The first-order valence-electron chi connectivity index (χ1n) is 16.1. The Kier molecular flexibility index (Phi) is 13.1. The van der Waals surface area contributed by atoms with Gasteiger partial charge in [0.05, 0.1) is 17.2 Å². The van der Waals surface area contributed by atoms with Gasteiger partial charge >= 0.3 is 0 Å². The average Bonchev–Trinajstić information content (AvgIpc) is 3.10. The first kappa shape index (κ1) is 36.6. The number of carbonyl (C=O) groups is 2. The largest absolute Gasteiger partial charge is 0.492 e. The van der Waals surface area contributed by atoms with Crippen LogP contribution in [0.4, 0.5) is 5.69 Å². The van der Waals surface area contributed by atoms with E-state index in [1.165, 1.54) is 16.7 Å². The van der Waals surface area contributed by atoms with Gasteiger partial charge in [-0.1, -0.05) is 79.2 Å². The molecular formula is C38H45N3O5S2. The lowest BCUT2D eigenvalue weighted by Crippen LogP contribution is -2.54. The van der Waals surface area contributed by atoms with Crippen LogP contribution in [-0.2, 0) is 32.6 Å². The highest BCUT2D eigenvalue weighted by molar-refractivity contribution is 7.98. The molecule has 0 aliphatic heterocycles. The Morgan fingerprint density at radius 3 is 2.12 bits per heavy atom. The van der Waals surface area contributed by atoms with Crippen molar-refractivity contribution in [1.29, 1.82) is 0 Å². The number of nitrogens with zero attached hydrogens (tertiary/aromatic N) is 2. The minimum Gasteiger partial charge on any atom is -0.492 e. The molecule has 0 bridgehead atoms. The number of hydrogen-bond acceptors (Lipinski definition) is 6. The van der Waals surface area contributed by atoms with Crippen molar-refractivity contribution in [2.75, 3.05) is 23.7 Å². The molecule has 0 heterocycles. The van der Waals surface area contributed by atoms with Crippen molar-refractivity contribution in [3.63, 3.8) is 0 Å². The molecule has 48 heavy (non-hydrogen) atoms. The lowest BCUT2D eigenvalue weighted by atomic mass is 10.0. The Balaban J connectivity index is 1.84. The second-order valence-corrected chi connectivity index (χ2v) is 14.4. The van der Waals surface area contributed by atoms with Gasteiger partial charge < -0.3 is 15.0 Å². The number of nitrogens with one attached hydrogen (secondary N) is 1. The minimum atomic E-state index is -4.26. The zero-order chi connectivity index (χ0) is 34.7. The number of amides is 2. The van der Waals surface area contributed by atoms with Gasteiger partial charge in [0.15, 0.2) is 0 Å². The molecule has 2 atom stereocenters. The predicted molar refractivity (Wildman–Crippen MR) is 194 cm³/mol. The number of carbonyl (C=O) groups excluding carboxylic acids is 2. The summed E-state index contributed by atoms with van der Waals surface area (Å²) in [6.07, 6.45) is 2.88. The van der Waals surface area contributed by atoms with Crippen LogP contribution in [0.2, 0.25) is 0 Å². The maximum Gasteiger partial charge on any atom is 0.264 e. The van der Waals surface area contributed by atoms with Crippen LogP contribution in [0, 0.1) is 6.92 Å². The van der Waals surface area contributed by atoms with E-state index in [4.69, 9.17) is 4.74 Å². The van der Waals surface area contributed by atoms with Crippen LogP contribution in [0.1, 0.15) is 43.9 Å². The Labute approximate surface area is 289 Å².